The van der Waals surface area contributed by atoms with Crippen LogP contribution in [0.25, 0.3) is 0 Å². The van der Waals surface area contributed by atoms with Gasteiger partial charge in [0.25, 0.3) is 0 Å². The average molecular weight is 252 g/mol. The minimum Gasteiger partial charge on any atom is -0.377 e. The molecular weight excluding hydrogens is 231 g/mol. The first kappa shape index (κ1) is 13.3. The number of ether oxygens (including phenoxy) is 1. The van der Waals surface area contributed by atoms with E-state index in [0.29, 0.717) is 12.2 Å². The third-order valence-corrected chi connectivity index (χ3v) is 3.28. The van der Waals surface area contributed by atoms with E-state index in [1.165, 1.54) is 6.07 Å². The first-order valence-electron chi connectivity index (χ1n) is 6.50. The van der Waals surface area contributed by atoms with Crippen molar-refractivity contribution in [1.82, 2.24) is 0 Å². The summed E-state index contributed by atoms with van der Waals surface area (Å²) in [6.07, 6.45) is 1.03. The molecule has 1 aliphatic heterocycles. The second kappa shape index (κ2) is 5.67. The van der Waals surface area contributed by atoms with Crippen LogP contribution in [0.15, 0.2) is 18.2 Å². The van der Waals surface area contributed by atoms with Crippen molar-refractivity contribution in [2.24, 2.45) is 5.73 Å². The van der Waals surface area contributed by atoms with Crippen molar-refractivity contribution in [2.75, 3.05) is 24.6 Å². The fraction of sp³-hybridized carbons (Fsp3) is 0.571. The monoisotopic (exact) mass is 252 g/mol. The number of benzene rings is 1. The van der Waals surface area contributed by atoms with Gasteiger partial charge in [0.1, 0.15) is 5.82 Å². The van der Waals surface area contributed by atoms with E-state index in [2.05, 4.69) is 4.90 Å². The van der Waals surface area contributed by atoms with Gasteiger partial charge in [0.2, 0.25) is 0 Å². The van der Waals surface area contributed by atoms with E-state index in [4.69, 9.17) is 10.5 Å². The van der Waals surface area contributed by atoms with Crippen molar-refractivity contribution in [3.63, 3.8) is 0 Å². The van der Waals surface area contributed by atoms with Crippen molar-refractivity contribution < 1.29 is 9.13 Å². The van der Waals surface area contributed by atoms with Crippen LogP contribution in [0, 0.1) is 5.82 Å². The molecule has 1 heterocycles. The van der Waals surface area contributed by atoms with Gasteiger partial charge in [-0.1, -0.05) is 12.1 Å². The lowest BCUT2D eigenvalue weighted by Gasteiger charge is -2.28. The lowest BCUT2D eigenvalue weighted by atomic mass is 10.0. The third-order valence-electron chi connectivity index (χ3n) is 3.28. The normalized spacial score (nSPS) is 22.7. The van der Waals surface area contributed by atoms with E-state index in [0.717, 1.165) is 25.1 Å². The van der Waals surface area contributed by atoms with E-state index < -0.39 is 0 Å². The molecule has 0 bridgehead atoms. The summed E-state index contributed by atoms with van der Waals surface area (Å²) in [6.45, 7) is 6.16. The second-order valence-corrected chi connectivity index (χ2v) is 4.95. The molecule has 1 aromatic rings. The smallest absolute Gasteiger partial charge is 0.146 e. The lowest BCUT2D eigenvalue weighted by molar-refractivity contribution is 0.0820. The number of anilines is 1. The summed E-state index contributed by atoms with van der Waals surface area (Å²) in [5, 5.41) is 0. The SMILES string of the molecule is CC1CN(c2c(F)cccc2C(C)N)CCCO1. The Morgan fingerprint density at radius 2 is 2.28 bits per heavy atom. The minimum atomic E-state index is -0.195. The van der Waals surface area contributed by atoms with Gasteiger partial charge >= 0.3 is 0 Å². The van der Waals surface area contributed by atoms with Crippen molar-refractivity contribution in [3.8, 4) is 0 Å². The maximum absolute atomic E-state index is 14.1. The molecule has 0 amide bonds. The summed E-state index contributed by atoms with van der Waals surface area (Å²) in [7, 11) is 0. The molecule has 0 saturated carbocycles. The predicted octanol–water partition coefficient (Wildman–Crippen LogP) is 2.46. The molecule has 1 aromatic carbocycles. The summed E-state index contributed by atoms with van der Waals surface area (Å²) in [5.74, 6) is -0.195. The van der Waals surface area contributed by atoms with Crippen LogP contribution in [-0.4, -0.2) is 25.8 Å². The topological polar surface area (TPSA) is 38.5 Å². The number of hydrogen-bond acceptors (Lipinski definition) is 3. The molecule has 1 aliphatic rings. The molecule has 2 rings (SSSR count). The molecule has 100 valence electrons. The molecule has 0 radical (unpaired) electrons. The number of halogens is 1. The minimum absolute atomic E-state index is 0.119. The Hall–Kier alpha value is -1.13. The van der Waals surface area contributed by atoms with Gasteiger partial charge in [-0.05, 0) is 31.9 Å². The van der Waals surface area contributed by atoms with Gasteiger partial charge in [0.15, 0.2) is 0 Å². The van der Waals surface area contributed by atoms with Gasteiger partial charge in [0.05, 0.1) is 11.8 Å². The maximum Gasteiger partial charge on any atom is 0.146 e. The highest BCUT2D eigenvalue weighted by Crippen LogP contribution is 2.29. The van der Waals surface area contributed by atoms with Gasteiger partial charge in [0, 0.05) is 25.7 Å². The molecule has 0 aliphatic carbocycles. The van der Waals surface area contributed by atoms with Crippen molar-refractivity contribution in [3.05, 3.63) is 29.6 Å². The Bertz CT molecular complexity index is 409. The molecule has 4 heteroatoms. The zero-order chi connectivity index (χ0) is 13.1. The van der Waals surface area contributed by atoms with E-state index in [1.54, 1.807) is 6.07 Å². The van der Waals surface area contributed by atoms with Crippen LogP contribution in [0.3, 0.4) is 0 Å². The second-order valence-electron chi connectivity index (χ2n) is 4.95. The van der Waals surface area contributed by atoms with Gasteiger partial charge < -0.3 is 15.4 Å². The number of rotatable bonds is 2. The quantitative estimate of drug-likeness (QED) is 0.878. The molecule has 2 atom stereocenters. The Labute approximate surface area is 108 Å². The summed E-state index contributed by atoms with van der Waals surface area (Å²) >= 11 is 0. The van der Waals surface area contributed by atoms with Gasteiger partial charge in [-0.2, -0.15) is 0 Å². The van der Waals surface area contributed by atoms with Crippen LogP contribution in [-0.2, 0) is 4.74 Å². The van der Waals surface area contributed by atoms with E-state index >= 15 is 0 Å². The molecule has 2 N–H and O–H groups in total. The lowest BCUT2D eigenvalue weighted by Crippen LogP contribution is -2.32. The molecule has 3 nitrogen and oxygen atoms in total. The average Bonchev–Trinajstić information content (AvgIpc) is 2.53. The zero-order valence-electron chi connectivity index (χ0n) is 11.0. The van der Waals surface area contributed by atoms with Gasteiger partial charge in [-0.15, -0.1) is 0 Å². The maximum atomic E-state index is 14.1. The summed E-state index contributed by atoms with van der Waals surface area (Å²) < 4.78 is 19.7. The first-order chi connectivity index (χ1) is 8.59. The molecular formula is C14H21FN2O. The van der Waals surface area contributed by atoms with Crippen molar-refractivity contribution in [2.45, 2.75) is 32.4 Å². The Balaban J connectivity index is 2.36. The fourth-order valence-electron chi connectivity index (χ4n) is 2.43. The van der Waals surface area contributed by atoms with Crippen LogP contribution in [0.1, 0.15) is 31.9 Å². The summed E-state index contributed by atoms with van der Waals surface area (Å²) in [4.78, 5) is 2.06. The van der Waals surface area contributed by atoms with Gasteiger partial charge in [-0.3, -0.25) is 0 Å². The first-order valence-corrected chi connectivity index (χ1v) is 6.50. The Morgan fingerprint density at radius 3 is 3.00 bits per heavy atom. The Kier molecular flexibility index (Phi) is 4.19. The molecule has 2 unspecified atom stereocenters. The zero-order valence-corrected chi connectivity index (χ0v) is 11.0. The highest BCUT2D eigenvalue weighted by Gasteiger charge is 2.21. The van der Waals surface area contributed by atoms with Crippen LogP contribution in [0.5, 0.6) is 0 Å². The van der Waals surface area contributed by atoms with Crippen molar-refractivity contribution in [1.29, 1.82) is 0 Å². The Morgan fingerprint density at radius 1 is 1.50 bits per heavy atom. The molecule has 18 heavy (non-hydrogen) atoms. The standard InChI is InChI=1S/C14H21FN2O/c1-10-9-17(7-4-8-18-10)14-12(11(2)16)5-3-6-13(14)15/h3,5-6,10-11H,4,7-9,16H2,1-2H3. The van der Waals surface area contributed by atoms with E-state index in [-0.39, 0.29) is 18.0 Å². The molecule has 1 fully saturated rings. The van der Waals surface area contributed by atoms with Crippen LogP contribution in [0.2, 0.25) is 0 Å². The summed E-state index contributed by atoms with van der Waals surface area (Å²) in [5.41, 5.74) is 7.45. The number of nitrogens with two attached hydrogens (primary N) is 1. The highest BCUT2D eigenvalue weighted by atomic mass is 19.1. The van der Waals surface area contributed by atoms with E-state index in [1.807, 2.05) is 19.9 Å². The van der Waals surface area contributed by atoms with Crippen LogP contribution >= 0.6 is 0 Å². The molecule has 0 aromatic heterocycles. The van der Waals surface area contributed by atoms with Crippen LogP contribution in [0.4, 0.5) is 10.1 Å². The fourth-order valence-corrected chi connectivity index (χ4v) is 2.43. The summed E-state index contributed by atoms with van der Waals surface area (Å²) in [6, 6.07) is 4.95. The number of para-hydroxylation sites is 1. The number of nitrogens with zero attached hydrogens (tertiary/aromatic N) is 1. The predicted molar refractivity (Wildman–Crippen MR) is 71.2 cm³/mol. The van der Waals surface area contributed by atoms with Crippen molar-refractivity contribution >= 4 is 5.69 Å². The third kappa shape index (κ3) is 2.82. The van der Waals surface area contributed by atoms with Gasteiger partial charge in [-0.25, -0.2) is 4.39 Å². The number of hydrogen-bond donors (Lipinski definition) is 1. The highest BCUT2D eigenvalue weighted by molar-refractivity contribution is 5.56. The largest absolute Gasteiger partial charge is 0.377 e. The van der Waals surface area contributed by atoms with Crippen LogP contribution < -0.4 is 10.6 Å². The molecule has 1 saturated heterocycles. The molecule has 0 spiro atoms. The van der Waals surface area contributed by atoms with E-state index in [9.17, 15) is 4.39 Å².